The average Bonchev–Trinajstić information content (AvgIpc) is 2.95. The zero-order valence-corrected chi connectivity index (χ0v) is 15.9. The van der Waals surface area contributed by atoms with Gasteiger partial charge in [0.15, 0.2) is 11.0 Å². The van der Waals surface area contributed by atoms with Crippen LogP contribution in [0.25, 0.3) is 11.4 Å². The van der Waals surface area contributed by atoms with Crippen LogP contribution in [-0.2, 0) is 7.05 Å². The van der Waals surface area contributed by atoms with Crippen molar-refractivity contribution in [3.63, 3.8) is 0 Å². The van der Waals surface area contributed by atoms with Gasteiger partial charge in [0.25, 0.3) is 0 Å². The SMILES string of the molecule is Cc1ccc(-c2nnc(SCCOc3c(C)cccc3C)n2C)cc1. The summed E-state index contributed by atoms with van der Waals surface area (Å²) in [4.78, 5) is 0. The molecule has 0 bridgehead atoms. The van der Waals surface area contributed by atoms with E-state index in [2.05, 4.69) is 73.4 Å². The summed E-state index contributed by atoms with van der Waals surface area (Å²) < 4.78 is 7.99. The first-order chi connectivity index (χ1) is 12.1. The van der Waals surface area contributed by atoms with Crippen molar-refractivity contribution >= 4 is 11.8 Å². The Bertz CT molecular complexity index is 836. The molecular weight excluding hydrogens is 330 g/mol. The van der Waals surface area contributed by atoms with E-state index < -0.39 is 0 Å². The van der Waals surface area contributed by atoms with E-state index in [1.54, 1.807) is 11.8 Å². The minimum atomic E-state index is 0.642. The first-order valence-corrected chi connectivity index (χ1v) is 9.33. The second kappa shape index (κ2) is 7.74. The molecule has 3 rings (SSSR count). The maximum absolute atomic E-state index is 5.96. The van der Waals surface area contributed by atoms with Gasteiger partial charge in [0.05, 0.1) is 6.61 Å². The summed E-state index contributed by atoms with van der Waals surface area (Å²) in [6.45, 7) is 6.87. The lowest BCUT2D eigenvalue weighted by Crippen LogP contribution is -2.04. The molecular formula is C20H23N3OS. The summed E-state index contributed by atoms with van der Waals surface area (Å²) in [5.41, 5.74) is 4.67. The standard InChI is InChI=1S/C20H23N3OS/c1-14-8-10-17(11-9-14)19-21-22-20(23(19)4)25-13-12-24-18-15(2)6-5-7-16(18)3/h5-11H,12-13H2,1-4H3. The van der Waals surface area contributed by atoms with Crippen molar-refractivity contribution in [3.05, 3.63) is 59.2 Å². The van der Waals surface area contributed by atoms with Crippen molar-refractivity contribution in [2.45, 2.75) is 25.9 Å². The van der Waals surface area contributed by atoms with Gasteiger partial charge in [-0.15, -0.1) is 10.2 Å². The molecule has 0 unspecified atom stereocenters. The second-order valence-electron chi connectivity index (χ2n) is 6.15. The molecule has 0 fully saturated rings. The van der Waals surface area contributed by atoms with E-state index in [1.807, 2.05) is 11.6 Å². The summed E-state index contributed by atoms with van der Waals surface area (Å²) >= 11 is 1.66. The van der Waals surface area contributed by atoms with Crippen LogP contribution in [-0.4, -0.2) is 27.1 Å². The highest BCUT2D eigenvalue weighted by atomic mass is 32.2. The van der Waals surface area contributed by atoms with Gasteiger partial charge in [0.1, 0.15) is 5.75 Å². The summed E-state index contributed by atoms with van der Waals surface area (Å²) in [5, 5.41) is 9.55. The van der Waals surface area contributed by atoms with E-state index in [-0.39, 0.29) is 0 Å². The third kappa shape index (κ3) is 4.04. The third-order valence-corrected chi connectivity index (χ3v) is 5.10. The van der Waals surface area contributed by atoms with Crippen LogP contribution in [0.15, 0.2) is 47.6 Å². The maximum Gasteiger partial charge on any atom is 0.191 e. The molecule has 5 heteroatoms. The number of hydrogen-bond acceptors (Lipinski definition) is 4. The number of aromatic nitrogens is 3. The van der Waals surface area contributed by atoms with Crippen molar-refractivity contribution in [2.75, 3.05) is 12.4 Å². The number of aryl methyl sites for hydroxylation is 3. The maximum atomic E-state index is 5.96. The Kier molecular flexibility index (Phi) is 5.43. The van der Waals surface area contributed by atoms with E-state index in [0.717, 1.165) is 28.0 Å². The van der Waals surface area contributed by atoms with E-state index in [1.165, 1.54) is 16.7 Å². The quantitative estimate of drug-likeness (QED) is 0.480. The Balaban J connectivity index is 1.60. The third-order valence-electron chi connectivity index (χ3n) is 4.11. The van der Waals surface area contributed by atoms with Gasteiger partial charge in [-0.3, -0.25) is 0 Å². The lowest BCUT2D eigenvalue weighted by atomic mass is 10.1. The number of nitrogens with zero attached hydrogens (tertiary/aromatic N) is 3. The molecule has 0 saturated heterocycles. The zero-order valence-electron chi connectivity index (χ0n) is 15.1. The van der Waals surface area contributed by atoms with Crippen LogP contribution in [0.3, 0.4) is 0 Å². The summed E-state index contributed by atoms with van der Waals surface area (Å²) in [6.07, 6.45) is 0. The number of rotatable bonds is 6. The zero-order chi connectivity index (χ0) is 17.8. The van der Waals surface area contributed by atoms with Gasteiger partial charge in [-0.1, -0.05) is 59.8 Å². The molecule has 0 aliphatic heterocycles. The van der Waals surface area contributed by atoms with Crippen molar-refractivity contribution in [1.29, 1.82) is 0 Å². The lowest BCUT2D eigenvalue weighted by Gasteiger charge is -2.11. The van der Waals surface area contributed by atoms with E-state index in [0.29, 0.717) is 6.61 Å². The second-order valence-corrected chi connectivity index (χ2v) is 7.21. The van der Waals surface area contributed by atoms with Gasteiger partial charge in [-0.25, -0.2) is 0 Å². The van der Waals surface area contributed by atoms with E-state index in [4.69, 9.17) is 4.74 Å². The summed E-state index contributed by atoms with van der Waals surface area (Å²) in [7, 11) is 2.00. The van der Waals surface area contributed by atoms with Crippen molar-refractivity contribution in [1.82, 2.24) is 14.8 Å². The van der Waals surface area contributed by atoms with Gasteiger partial charge in [-0.05, 0) is 31.9 Å². The van der Waals surface area contributed by atoms with E-state index >= 15 is 0 Å². The molecule has 3 aromatic rings. The first-order valence-electron chi connectivity index (χ1n) is 8.34. The molecule has 0 saturated carbocycles. The van der Waals surface area contributed by atoms with Crippen LogP contribution in [0.2, 0.25) is 0 Å². The summed E-state index contributed by atoms with van der Waals surface area (Å²) in [5.74, 6) is 2.70. The number of para-hydroxylation sites is 1. The van der Waals surface area contributed by atoms with Gasteiger partial charge < -0.3 is 9.30 Å². The minimum absolute atomic E-state index is 0.642. The highest BCUT2D eigenvalue weighted by molar-refractivity contribution is 7.99. The number of thioether (sulfide) groups is 1. The van der Waals surface area contributed by atoms with Gasteiger partial charge in [-0.2, -0.15) is 0 Å². The highest BCUT2D eigenvalue weighted by Gasteiger charge is 2.11. The van der Waals surface area contributed by atoms with Gasteiger partial charge in [0.2, 0.25) is 0 Å². The molecule has 0 amide bonds. The molecule has 0 aliphatic carbocycles. The fourth-order valence-corrected chi connectivity index (χ4v) is 3.43. The first kappa shape index (κ1) is 17.5. The predicted molar refractivity (Wildman–Crippen MR) is 103 cm³/mol. The average molecular weight is 353 g/mol. The predicted octanol–water partition coefficient (Wildman–Crippen LogP) is 4.58. The molecule has 0 radical (unpaired) electrons. The number of ether oxygens (including phenoxy) is 1. The Morgan fingerprint density at radius 1 is 0.960 bits per heavy atom. The van der Waals surface area contributed by atoms with Crippen molar-refractivity contribution < 1.29 is 4.74 Å². The largest absolute Gasteiger partial charge is 0.492 e. The molecule has 1 aromatic heterocycles. The van der Waals surface area contributed by atoms with Crippen molar-refractivity contribution in [2.24, 2.45) is 7.05 Å². The van der Waals surface area contributed by atoms with Gasteiger partial charge >= 0.3 is 0 Å². The highest BCUT2D eigenvalue weighted by Crippen LogP contribution is 2.25. The number of hydrogen-bond donors (Lipinski definition) is 0. The monoisotopic (exact) mass is 353 g/mol. The summed E-state index contributed by atoms with van der Waals surface area (Å²) in [6, 6.07) is 14.6. The number of benzene rings is 2. The minimum Gasteiger partial charge on any atom is -0.492 e. The fourth-order valence-electron chi connectivity index (χ4n) is 2.70. The molecule has 0 N–H and O–H groups in total. The lowest BCUT2D eigenvalue weighted by molar-refractivity contribution is 0.339. The smallest absolute Gasteiger partial charge is 0.191 e. The molecule has 2 aromatic carbocycles. The molecule has 25 heavy (non-hydrogen) atoms. The molecule has 1 heterocycles. The normalized spacial score (nSPS) is 10.9. The van der Waals surface area contributed by atoms with E-state index in [9.17, 15) is 0 Å². The molecule has 0 spiro atoms. The van der Waals surface area contributed by atoms with Crippen LogP contribution in [0.5, 0.6) is 5.75 Å². The van der Waals surface area contributed by atoms with Crippen LogP contribution in [0, 0.1) is 20.8 Å². The van der Waals surface area contributed by atoms with Gasteiger partial charge in [0, 0.05) is 18.4 Å². The Labute approximate surface area is 153 Å². The molecule has 130 valence electrons. The van der Waals surface area contributed by atoms with Crippen LogP contribution >= 0.6 is 11.8 Å². The Morgan fingerprint density at radius 2 is 1.64 bits per heavy atom. The molecule has 4 nitrogen and oxygen atoms in total. The molecule has 0 atom stereocenters. The topological polar surface area (TPSA) is 39.9 Å². The van der Waals surface area contributed by atoms with Crippen molar-refractivity contribution in [3.8, 4) is 17.1 Å². The Hall–Kier alpha value is -2.27. The van der Waals surface area contributed by atoms with Crippen LogP contribution in [0.1, 0.15) is 16.7 Å². The van der Waals surface area contributed by atoms with Crippen LogP contribution < -0.4 is 4.74 Å². The Morgan fingerprint density at radius 3 is 2.32 bits per heavy atom. The van der Waals surface area contributed by atoms with Crippen LogP contribution in [0.4, 0.5) is 0 Å². The fraction of sp³-hybridized carbons (Fsp3) is 0.300. The molecule has 0 aliphatic rings.